The molecule has 1 N–H and O–H groups in total. The Morgan fingerprint density at radius 2 is 2.10 bits per heavy atom. The van der Waals surface area contributed by atoms with Crippen LogP contribution in [-0.4, -0.2) is 63.4 Å². The second kappa shape index (κ2) is 6.32. The molecule has 1 unspecified atom stereocenters. The van der Waals surface area contributed by atoms with Crippen LogP contribution in [-0.2, 0) is 4.74 Å². The summed E-state index contributed by atoms with van der Waals surface area (Å²) < 4.78 is 16.6. The van der Waals surface area contributed by atoms with Crippen molar-refractivity contribution in [3.8, 4) is 11.5 Å². The Bertz CT molecular complexity index is 514. The van der Waals surface area contributed by atoms with Crippen molar-refractivity contribution in [1.29, 1.82) is 0 Å². The number of morpholine rings is 1. The highest BCUT2D eigenvalue weighted by Gasteiger charge is 2.21. The Morgan fingerprint density at radius 1 is 1.29 bits per heavy atom. The predicted octanol–water partition coefficient (Wildman–Crippen LogP) is 0.518. The highest BCUT2D eigenvalue weighted by molar-refractivity contribution is 5.94. The van der Waals surface area contributed by atoms with Crippen LogP contribution >= 0.6 is 0 Å². The minimum Gasteiger partial charge on any atom is -0.486 e. The molecule has 21 heavy (non-hydrogen) atoms. The lowest BCUT2D eigenvalue weighted by atomic mass is 10.1. The van der Waals surface area contributed by atoms with Crippen LogP contribution in [0.3, 0.4) is 0 Å². The number of carbonyl (C=O) groups is 1. The number of likely N-dealkylation sites (N-methyl/N-ethyl adjacent to an activating group) is 1. The molecule has 1 aromatic carbocycles. The van der Waals surface area contributed by atoms with Gasteiger partial charge in [0.1, 0.15) is 13.2 Å². The Balaban J connectivity index is 1.66. The first-order valence-electron chi connectivity index (χ1n) is 7.21. The number of nitrogens with one attached hydrogen (secondary N) is 1. The minimum atomic E-state index is -0.0406. The summed E-state index contributed by atoms with van der Waals surface area (Å²) in [6.07, 6.45) is 0.0462. The highest BCUT2D eigenvalue weighted by Crippen LogP contribution is 2.31. The summed E-state index contributed by atoms with van der Waals surface area (Å²) in [6.45, 7) is 3.97. The molecule has 2 aliphatic heterocycles. The van der Waals surface area contributed by atoms with Crippen LogP contribution in [0.25, 0.3) is 0 Å². The number of hydrogen-bond acceptors (Lipinski definition) is 5. The maximum atomic E-state index is 12.5. The zero-order chi connectivity index (χ0) is 14.7. The molecule has 1 amide bonds. The van der Waals surface area contributed by atoms with Gasteiger partial charge in [-0.1, -0.05) is 0 Å². The predicted molar refractivity (Wildman–Crippen MR) is 77.0 cm³/mol. The van der Waals surface area contributed by atoms with Crippen molar-refractivity contribution in [3.63, 3.8) is 0 Å². The van der Waals surface area contributed by atoms with Gasteiger partial charge in [0.2, 0.25) is 0 Å². The van der Waals surface area contributed by atoms with E-state index in [-0.39, 0.29) is 12.0 Å². The number of hydrogen-bond donors (Lipinski definition) is 1. The molecule has 1 fully saturated rings. The lowest BCUT2D eigenvalue weighted by Crippen LogP contribution is -2.45. The van der Waals surface area contributed by atoms with Crippen LogP contribution in [0, 0.1) is 0 Å². The van der Waals surface area contributed by atoms with Crippen molar-refractivity contribution in [2.45, 2.75) is 6.10 Å². The third-order valence-corrected chi connectivity index (χ3v) is 3.62. The third kappa shape index (κ3) is 3.28. The molecule has 6 heteroatoms. The second-order valence-electron chi connectivity index (χ2n) is 5.24. The molecule has 2 heterocycles. The highest BCUT2D eigenvalue weighted by atomic mass is 16.6. The van der Waals surface area contributed by atoms with Gasteiger partial charge in [-0.2, -0.15) is 0 Å². The van der Waals surface area contributed by atoms with Crippen molar-refractivity contribution in [2.24, 2.45) is 0 Å². The van der Waals surface area contributed by atoms with Crippen LogP contribution in [0.15, 0.2) is 18.2 Å². The van der Waals surface area contributed by atoms with E-state index in [0.717, 1.165) is 13.1 Å². The van der Waals surface area contributed by atoms with Gasteiger partial charge in [0.25, 0.3) is 5.91 Å². The zero-order valence-electron chi connectivity index (χ0n) is 12.1. The smallest absolute Gasteiger partial charge is 0.253 e. The fourth-order valence-electron chi connectivity index (χ4n) is 2.52. The van der Waals surface area contributed by atoms with E-state index >= 15 is 0 Å². The van der Waals surface area contributed by atoms with Gasteiger partial charge < -0.3 is 24.4 Å². The first-order valence-corrected chi connectivity index (χ1v) is 7.21. The summed E-state index contributed by atoms with van der Waals surface area (Å²) in [4.78, 5) is 14.1. The molecule has 0 bridgehead atoms. The number of ether oxygens (including phenoxy) is 3. The molecule has 1 saturated heterocycles. The summed E-state index contributed by atoms with van der Waals surface area (Å²) in [5.41, 5.74) is 0.602. The van der Waals surface area contributed by atoms with Gasteiger partial charge in [-0.3, -0.25) is 4.79 Å². The number of rotatable bonds is 3. The van der Waals surface area contributed by atoms with Crippen LogP contribution in [0.5, 0.6) is 11.5 Å². The summed E-state index contributed by atoms with van der Waals surface area (Å²) in [6, 6.07) is 5.30. The molecular formula is C15H20N2O4. The Labute approximate surface area is 124 Å². The molecule has 0 spiro atoms. The van der Waals surface area contributed by atoms with Gasteiger partial charge in [-0.25, -0.2) is 0 Å². The van der Waals surface area contributed by atoms with Crippen LogP contribution in [0.4, 0.5) is 0 Å². The van der Waals surface area contributed by atoms with Gasteiger partial charge in [0.05, 0.1) is 12.7 Å². The van der Waals surface area contributed by atoms with E-state index in [9.17, 15) is 4.79 Å². The molecule has 0 saturated carbocycles. The molecule has 114 valence electrons. The molecule has 1 atom stereocenters. The van der Waals surface area contributed by atoms with Crippen molar-refractivity contribution in [2.75, 3.05) is 46.5 Å². The maximum absolute atomic E-state index is 12.5. The summed E-state index contributed by atoms with van der Waals surface area (Å²) in [7, 11) is 1.79. The molecule has 3 rings (SSSR count). The van der Waals surface area contributed by atoms with Gasteiger partial charge in [0, 0.05) is 32.2 Å². The van der Waals surface area contributed by atoms with Crippen LogP contribution < -0.4 is 14.8 Å². The Kier molecular flexibility index (Phi) is 4.26. The SMILES string of the molecule is CN(CC1CNCCO1)C(=O)c1ccc2c(c1)OCCO2. The average Bonchev–Trinajstić information content (AvgIpc) is 2.54. The molecule has 2 aliphatic rings. The van der Waals surface area contributed by atoms with E-state index in [0.29, 0.717) is 43.4 Å². The molecular weight excluding hydrogens is 272 g/mol. The second-order valence-corrected chi connectivity index (χ2v) is 5.24. The van der Waals surface area contributed by atoms with E-state index in [1.165, 1.54) is 0 Å². The lowest BCUT2D eigenvalue weighted by Gasteiger charge is -2.28. The summed E-state index contributed by atoms with van der Waals surface area (Å²) in [5.74, 6) is 1.29. The first kappa shape index (κ1) is 14.2. The van der Waals surface area contributed by atoms with E-state index in [1.807, 2.05) is 0 Å². The lowest BCUT2D eigenvalue weighted by molar-refractivity contribution is 0.0104. The van der Waals surface area contributed by atoms with Gasteiger partial charge in [-0.05, 0) is 18.2 Å². The number of nitrogens with zero attached hydrogens (tertiary/aromatic N) is 1. The van der Waals surface area contributed by atoms with Gasteiger partial charge >= 0.3 is 0 Å². The third-order valence-electron chi connectivity index (χ3n) is 3.62. The van der Waals surface area contributed by atoms with Crippen molar-refractivity contribution < 1.29 is 19.0 Å². The van der Waals surface area contributed by atoms with Crippen LogP contribution in [0.1, 0.15) is 10.4 Å². The Morgan fingerprint density at radius 3 is 2.86 bits per heavy atom. The molecule has 0 radical (unpaired) electrons. The summed E-state index contributed by atoms with van der Waals surface area (Å²) in [5, 5.41) is 3.26. The monoisotopic (exact) mass is 292 g/mol. The van der Waals surface area contributed by atoms with E-state index in [4.69, 9.17) is 14.2 Å². The van der Waals surface area contributed by atoms with E-state index in [1.54, 1.807) is 30.1 Å². The maximum Gasteiger partial charge on any atom is 0.253 e. The molecule has 1 aromatic rings. The topological polar surface area (TPSA) is 60.0 Å². The van der Waals surface area contributed by atoms with E-state index < -0.39 is 0 Å². The van der Waals surface area contributed by atoms with Crippen LogP contribution in [0.2, 0.25) is 0 Å². The normalized spacial score (nSPS) is 20.9. The number of carbonyl (C=O) groups excluding carboxylic acids is 1. The molecule has 0 aromatic heterocycles. The standard InChI is InChI=1S/C15H20N2O4/c1-17(10-12-9-16-4-5-19-12)15(18)11-2-3-13-14(8-11)21-7-6-20-13/h2-3,8,12,16H,4-7,9-10H2,1H3. The number of benzene rings is 1. The van der Waals surface area contributed by atoms with E-state index in [2.05, 4.69) is 5.32 Å². The molecule has 0 aliphatic carbocycles. The van der Waals surface area contributed by atoms with Gasteiger partial charge in [0.15, 0.2) is 11.5 Å². The number of fused-ring (bicyclic) bond motifs is 1. The Hall–Kier alpha value is -1.79. The van der Waals surface area contributed by atoms with Gasteiger partial charge in [-0.15, -0.1) is 0 Å². The minimum absolute atomic E-state index is 0.0406. The zero-order valence-corrected chi connectivity index (χ0v) is 12.1. The van der Waals surface area contributed by atoms with Crippen molar-refractivity contribution >= 4 is 5.91 Å². The van der Waals surface area contributed by atoms with Crippen molar-refractivity contribution in [1.82, 2.24) is 10.2 Å². The average molecular weight is 292 g/mol. The fraction of sp³-hybridized carbons (Fsp3) is 0.533. The molecule has 6 nitrogen and oxygen atoms in total. The van der Waals surface area contributed by atoms with Crippen molar-refractivity contribution in [3.05, 3.63) is 23.8 Å². The number of amides is 1. The first-order chi connectivity index (χ1) is 10.2. The largest absolute Gasteiger partial charge is 0.486 e. The fourth-order valence-corrected chi connectivity index (χ4v) is 2.52. The summed E-state index contributed by atoms with van der Waals surface area (Å²) >= 11 is 0. The quantitative estimate of drug-likeness (QED) is 0.880.